The van der Waals surface area contributed by atoms with Crippen molar-refractivity contribution in [2.24, 2.45) is 0 Å². The molecule has 5 heteroatoms. The molecule has 0 aromatic heterocycles. The first-order chi connectivity index (χ1) is 10.1. The lowest BCUT2D eigenvalue weighted by Gasteiger charge is -2.12. The minimum atomic E-state index is -0.595. The number of hydrogen-bond acceptors (Lipinski definition) is 4. The Morgan fingerprint density at radius 1 is 1.14 bits per heavy atom. The van der Waals surface area contributed by atoms with Crippen molar-refractivity contribution in [3.8, 4) is 16.9 Å². The normalized spacial score (nSPS) is 10.3. The maximum absolute atomic E-state index is 14.1. The van der Waals surface area contributed by atoms with Crippen LogP contribution in [-0.4, -0.2) is 25.3 Å². The van der Waals surface area contributed by atoms with E-state index in [1.54, 1.807) is 12.1 Å². The highest BCUT2D eigenvalue weighted by atomic mass is 19.1. The second kappa shape index (κ2) is 6.37. The van der Waals surface area contributed by atoms with Gasteiger partial charge in [0, 0.05) is 5.56 Å². The first-order valence-electron chi connectivity index (χ1n) is 6.26. The fourth-order valence-corrected chi connectivity index (χ4v) is 2.04. The van der Waals surface area contributed by atoms with Crippen molar-refractivity contribution >= 4 is 5.97 Å². The van der Waals surface area contributed by atoms with E-state index in [1.165, 1.54) is 38.5 Å². The molecule has 0 aliphatic heterocycles. The summed E-state index contributed by atoms with van der Waals surface area (Å²) >= 11 is 0. The monoisotopic (exact) mass is 290 g/mol. The van der Waals surface area contributed by atoms with E-state index in [-0.39, 0.29) is 17.7 Å². The van der Waals surface area contributed by atoms with E-state index in [4.69, 9.17) is 14.6 Å². The number of carbonyl (C=O) groups excluding carboxylic acids is 1. The minimum absolute atomic E-state index is 0.191. The number of ether oxygens (including phenoxy) is 2. The Bertz CT molecular complexity index is 667. The highest BCUT2D eigenvalue weighted by molar-refractivity contribution is 5.97. The van der Waals surface area contributed by atoms with Gasteiger partial charge in [-0.25, -0.2) is 9.18 Å². The standard InChI is InChI=1S/C16H15FO4/c1-20-11-4-6-15(17)13(8-11)12-5-3-10(9-18)7-14(12)16(19)21-2/h3-8,18H,9H2,1-2H3. The van der Waals surface area contributed by atoms with Crippen molar-refractivity contribution in [1.29, 1.82) is 0 Å². The third kappa shape index (κ3) is 3.03. The summed E-state index contributed by atoms with van der Waals surface area (Å²) in [4.78, 5) is 11.9. The van der Waals surface area contributed by atoms with Crippen LogP contribution in [0.3, 0.4) is 0 Å². The van der Waals surface area contributed by atoms with Gasteiger partial charge in [-0.15, -0.1) is 0 Å². The Hall–Kier alpha value is -2.40. The predicted octanol–water partition coefficient (Wildman–Crippen LogP) is 2.78. The first kappa shape index (κ1) is 15.0. The van der Waals surface area contributed by atoms with Crippen LogP contribution < -0.4 is 4.74 Å². The Morgan fingerprint density at radius 3 is 2.52 bits per heavy atom. The summed E-state index contributed by atoms with van der Waals surface area (Å²) in [5, 5.41) is 9.17. The van der Waals surface area contributed by atoms with Crippen molar-refractivity contribution in [3.63, 3.8) is 0 Å². The van der Waals surface area contributed by atoms with Gasteiger partial charge in [0.15, 0.2) is 0 Å². The Morgan fingerprint density at radius 2 is 1.90 bits per heavy atom. The Balaban J connectivity index is 2.65. The highest BCUT2D eigenvalue weighted by Crippen LogP contribution is 2.31. The van der Waals surface area contributed by atoms with Crippen LogP contribution in [0, 0.1) is 5.82 Å². The molecule has 21 heavy (non-hydrogen) atoms. The van der Waals surface area contributed by atoms with Gasteiger partial charge >= 0.3 is 5.97 Å². The molecule has 2 aromatic carbocycles. The summed E-state index contributed by atoms with van der Waals surface area (Å²) in [6, 6.07) is 8.97. The molecule has 0 bridgehead atoms. The van der Waals surface area contributed by atoms with E-state index in [0.29, 0.717) is 16.9 Å². The number of aliphatic hydroxyl groups excluding tert-OH is 1. The number of rotatable bonds is 4. The summed E-state index contributed by atoms with van der Waals surface area (Å²) in [6.07, 6.45) is 0. The largest absolute Gasteiger partial charge is 0.497 e. The predicted molar refractivity (Wildman–Crippen MR) is 75.7 cm³/mol. The first-order valence-corrected chi connectivity index (χ1v) is 6.26. The topological polar surface area (TPSA) is 55.8 Å². The summed E-state index contributed by atoms with van der Waals surface area (Å²) in [6.45, 7) is -0.217. The average molecular weight is 290 g/mol. The van der Waals surface area contributed by atoms with E-state index in [2.05, 4.69) is 0 Å². The van der Waals surface area contributed by atoms with Crippen LogP contribution in [0.25, 0.3) is 11.1 Å². The van der Waals surface area contributed by atoms with Crippen LogP contribution in [0.2, 0.25) is 0 Å². The Kier molecular flexibility index (Phi) is 4.55. The highest BCUT2D eigenvalue weighted by Gasteiger charge is 2.17. The fraction of sp³-hybridized carbons (Fsp3) is 0.188. The number of carbonyl (C=O) groups is 1. The smallest absolute Gasteiger partial charge is 0.338 e. The molecule has 2 aromatic rings. The van der Waals surface area contributed by atoms with Crippen LogP contribution in [0.4, 0.5) is 4.39 Å². The SMILES string of the molecule is COC(=O)c1cc(CO)ccc1-c1cc(OC)ccc1F. The summed E-state index contributed by atoms with van der Waals surface area (Å²) in [7, 11) is 2.73. The van der Waals surface area contributed by atoms with Gasteiger partial charge in [-0.05, 0) is 35.4 Å². The van der Waals surface area contributed by atoms with Crippen molar-refractivity contribution < 1.29 is 23.8 Å². The van der Waals surface area contributed by atoms with Crippen LogP contribution in [0.5, 0.6) is 5.75 Å². The van der Waals surface area contributed by atoms with Gasteiger partial charge in [-0.1, -0.05) is 12.1 Å². The van der Waals surface area contributed by atoms with Crippen LogP contribution in [-0.2, 0) is 11.3 Å². The zero-order chi connectivity index (χ0) is 15.4. The summed E-state index contributed by atoms with van der Waals surface area (Å²) < 4.78 is 23.9. The lowest BCUT2D eigenvalue weighted by Crippen LogP contribution is -2.05. The molecule has 0 amide bonds. The quantitative estimate of drug-likeness (QED) is 0.880. The molecule has 0 fully saturated rings. The van der Waals surface area contributed by atoms with Gasteiger partial charge in [0.1, 0.15) is 11.6 Å². The molecule has 4 nitrogen and oxygen atoms in total. The molecule has 0 heterocycles. The van der Waals surface area contributed by atoms with E-state index < -0.39 is 11.8 Å². The number of methoxy groups -OCH3 is 2. The molecule has 0 atom stereocenters. The lowest BCUT2D eigenvalue weighted by molar-refractivity contribution is 0.0601. The number of benzene rings is 2. The van der Waals surface area contributed by atoms with Crippen molar-refractivity contribution in [2.75, 3.05) is 14.2 Å². The molecule has 0 saturated carbocycles. The van der Waals surface area contributed by atoms with Crippen molar-refractivity contribution in [3.05, 3.63) is 53.3 Å². The van der Waals surface area contributed by atoms with Crippen molar-refractivity contribution in [1.82, 2.24) is 0 Å². The van der Waals surface area contributed by atoms with Crippen molar-refractivity contribution in [2.45, 2.75) is 6.61 Å². The number of hydrogen-bond donors (Lipinski definition) is 1. The molecule has 0 aliphatic carbocycles. The van der Waals surface area contributed by atoms with Gasteiger partial charge in [0.25, 0.3) is 0 Å². The van der Waals surface area contributed by atoms with Crippen LogP contribution in [0.1, 0.15) is 15.9 Å². The van der Waals surface area contributed by atoms with Gasteiger partial charge in [-0.3, -0.25) is 0 Å². The maximum atomic E-state index is 14.1. The zero-order valence-corrected chi connectivity index (χ0v) is 11.7. The second-order valence-electron chi connectivity index (χ2n) is 4.38. The van der Waals surface area contributed by atoms with Gasteiger partial charge in [0.05, 0.1) is 26.4 Å². The molecule has 0 radical (unpaired) electrons. The molecule has 0 aliphatic rings. The molecule has 1 N–H and O–H groups in total. The molecule has 2 rings (SSSR count). The minimum Gasteiger partial charge on any atom is -0.497 e. The molecule has 110 valence electrons. The molecule has 0 spiro atoms. The molecule has 0 unspecified atom stereocenters. The van der Waals surface area contributed by atoms with Gasteiger partial charge in [0.2, 0.25) is 0 Å². The molecule has 0 saturated heterocycles. The number of halogens is 1. The summed E-state index contributed by atoms with van der Waals surface area (Å²) in [5.74, 6) is -0.589. The van der Waals surface area contributed by atoms with Crippen LogP contribution >= 0.6 is 0 Å². The van der Waals surface area contributed by atoms with E-state index >= 15 is 0 Å². The Labute approximate surface area is 121 Å². The maximum Gasteiger partial charge on any atom is 0.338 e. The fourth-order valence-electron chi connectivity index (χ4n) is 2.04. The van der Waals surface area contributed by atoms with Gasteiger partial charge in [-0.2, -0.15) is 0 Å². The van der Waals surface area contributed by atoms with E-state index in [0.717, 1.165) is 0 Å². The van der Waals surface area contributed by atoms with E-state index in [9.17, 15) is 9.18 Å². The average Bonchev–Trinajstić information content (AvgIpc) is 2.54. The third-order valence-corrected chi connectivity index (χ3v) is 3.14. The lowest BCUT2D eigenvalue weighted by atomic mass is 9.97. The number of aliphatic hydroxyl groups is 1. The summed E-state index contributed by atoms with van der Waals surface area (Å²) in [5.41, 5.74) is 1.35. The number of esters is 1. The third-order valence-electron chi connectivity index (χ3n) is 3.14. The van der Waals surface area contributed by atoms with E-state index in [1.807, 2.05) is 0 Å². The molecular weight excluding hydrogens is 275 g/mol. The molecular formula is C16H15FO4. The van der Waals surface area contributed by atoms with Crippen LogP contribution in [0.15, 0.2) is 36.4 Å². The zero-order valence-electron chi connectivity index (χ0n) is 11.7. The van der Waals surface area contributed by atoms with Gasteiger partial charge < -0.3 is 14.6 Å². The second-order valence-corrected chi connectivity index (χ2v) is 4.38.